The fourth-order valence-corrected chi connectivity index (χ4v) is 5.16. The zero-order chi connectivity index (χ0) is 13.0. The molecule has 18 heavy (non-hydrogen) atoms. The highest BCUT2D eigenvalue weighted by Gasteiger charge is 2.60. The van der Waals surface area contributed by atoms with Crippen molar-refractivity contribution in [2.24, 2.45) is 16.7 Å². The van der Waals surface area contributed by atoms with Crippen LogP contribution in [0.15, 0.2) is 12.1 Å². The molecule has 0 aromatic carbocycles. The molecule has 2 bridgehead atoms. The van der Waals surface area contributed by atoms with Crippen molar-refractivity contribution in [1.82, 2.24) is 5.32 Å². The minimum absolute atomic E-state index is 0.504. The first-order valence-corrected chi connectivity index (χ1v) is 8.04. The average molecular weight is 263 g/mol. The van der Waals surface area contributed by atoms with E-state index in [-0.39, 0.29) is 0 Å². The molecule has 1 nitrogen and oxygen atoms in total. The normalized spacial score (nSPS) is 37.3. The topological polar surface area (TPSA) is 12.0 Å². The molecule has 0 saturated heterocycles. The molecule has 3 rings (SSSR count). The maximum atomic E-state index is 3.85. The molecule has 1 heterocycles. The lowest BCUT2D eigenvalue weighted by molar-refractivity contribution is 0.120. The summed E-state index contributed by atoms with van der Waals surface area (Å²) in [6, 6.07) is 5.22. The Hall–Kier alpha value is -0.340. The minimum atomic E-state index is 0.504. The van der Waals surface area contributed by atoms with Gasteiger partial charge in [0.25, 0.3) is 0 Å². The van der Waals surface area contributed by atoms with E-state index in [9.17, 15) is 0 Å². The van der Waals surface area contributed by atoms with Crippen LogP contribution in [0.3, 0.4) is 0 Å². The molecule has 1 aromatic heterocycles. The zero-order valence-electron chi connectivity index (χ0n) is 12.0. The van der Waals surface area contributed by atoms with Gasteiger partial charge >= 0.3 is 0 Å². The summed E-state index contributed by atoms with van der Waals surface area (Å²) >= 11 is 1.93. The van der Waals surface area contributed by atoms with Crippen molar-refractivity contribution in [3.8, 4) is 0 Å². The average Bonchev–Trinajstić information content (AvgIpc) is 2.87. The van der Waals surface area contributed by atoms with Crippen LogP contribution in [-0.4, -0.2) is 6.04 Å². The van der Waals surface area contributed by atoms with Gasteiger partial charge in [0.05, 0.1) is 0 Å². The monoisotopic (exact) mass is 263 g/mol. The van der Waals surface area contributed by atoms with Crippen LogP contribution in [0.4, 0.5) is 0 Å². The van der Waals surface area contributed by atoms with Gasteiger partial charge in [0, 0.05) is 22.3 Å². The molecule has 0 amide bonds. The van der Waals surface area contributed by atoms with Gasteiger partial charge in [-0.2, -0.15) is 0 Å². The molecule has 2 aliphatic rings. The summed E-state index contributed by atoms with van der Waals surface area (Å²) < 4.78 is 0. The van der Waals surface area contributed by atoms with Gasteiger partial charge in [0.1, 0.15) is 0 Å². The molecule has 0 aliphatic heterocycles. The number of fused-ring (bicyclic) bond motifs is 2. The summed E-state index contributed by atoms with van der Waals surface area (Å²) in [5, 5.41) is 3.85. The third-order valence-electron chi connectivity index (χ3n) is 6.11. The summed E-state index contributed by atoms with van der Waals surface area (Å²) in [4.78, 5) is 2.91. The summed E-state index contributed by atoms with van der Waals surface area (Å²) in [5.74, 6) is 0.935. The number of hydrogen-bond donors (Lipinski definition) is 1. The Bertz CT molecular complexity index is 448. The number of hydrogen-bond acceptors (Lipinski definition) is 2. The van der Waals surface area contributed by atoms with Crippen LogP contribution in [0.2, 0.25) is 0 Å². The smallest absolute Gasteiger partial charge is 0.0302 e. The van der Waals surface area contributed by atoms with Crippen molar-refractivity contribution in [3.63, 3.8) is 0 Å². The third-order valence-corrected chi connectivity index (χ3v) is 7.11. The highest BCUT2D eigenvalue weighted by Crippen LogP contribution is 2.65. The molecule has 2 saturated carbocycles. The zero-order valence-corrected chi connectivity index (χ0v) is 12.9. The van der Waals surface area contributed by atoms with E-state index in [0.717, 1.165) is 12.5 Å². The van der Waals surface area contributed by atoms with Crippen molar-refractivity contribution in [2.45, 2.75) is 59.5 Å². The van der Waals surface area contributed by atoms with Crippen LogP contribution in [0, 0.1) is 23.7 Å². The van der Waals surface area contributed by atoms with Crippen molar-refractivity contribution in [1.29, 1.82) is 0 Å². The second kappa shape index (κ2) is 4.08. The van der Waals surface area contributed by atoms with Crippen LogP contribution < -0.4 is 5.32 Å². The molecule has 1 N–H and O–H groups in total. The molecule has 0 radical (unpaired) electrons. The molecule has 0 spiro atoms. The van der Waals surface area contributed by atoms with E-state index in [1.807, 2.05) is 11.3 Å². The Morgan fingerprint density at radius 1 is 1.33 bits per heavy atom. The van der Waals surface area contributed by atoms with Crippen LogP contribution in [-0.2, 0) is 6.54 Å². The number of rotatable bonds is 3. The number of thiophene rings is 1. The first-order chi connectivity index (χ1) is 8.43. The standard InChI is InChI=1S/C16H25NS/c1-11-5-6-13(18-11)10-17-14-9-12-7-8-16(14,4)15(12,2)3/h5-6,12,14,17H,7-10H2,1-4H3/t12-,14+,16-/m1/s1. The van der Waals surface area contributed by atoms with Gasteiger partial charge in [0.15, 0.2) is 0 Å². The number of aryl methyl sites for hydroxylation is 1. The Morgan fingerprint density at radius 3 is 2.61 bits per heavy atom. The summed E-state index contributed by atoms with van der Waals surface area (Å²) in [6.07, 6.45) is 4.24. The minimum Gasteiger partial charge on any atom is -0.309 e. The molecule has 0 unspecified atom stereocenters. The van der Waals surface area contributed by atoms with Crippen LogP contribution >= 0.6 is 11.3 Å². The van der Waals surface area contributed by atoms with Gasteiger partial charge in [0.2, 0.25) is 0 Å². The molecule has 2 fully saturated rings. The SMILES string of the molecule is Cc1ccc(CN[C@H]2C[C@H]3CC[C@@]2(C)C3(C)C)s1. The summed E-state index contributed by atoms with van der Waals surface area (Å²) in [6.45, 7) is 10.7. The predicted molar refractivity (Wildman–Crippen MR) is 78.9 cm³/mol. The van der Waals surface area contributed by atoms with E-state index in [0.29, 0.717) is 16.9 Å². The Labute approximate surface area is 115 Å². The Balaban J connectivity index is 1.69. The second-order valence-corrected chi connectivity index (χ2v) is 8.43. The van der Waals surface area contributed by atoms with Gasteiger partial charge in [-0.25, -0.2) is 0 Å². The van der Waals surface area contributed by atoms with E-state index in [4.69, 9.17) is 0 Å². The van der Waals surface area contributed by atoms with E-state index in [2.05, 4.69) is 45.1 Å². The highest BCUT2D eigenvalue weighted by atomic mass is 32.1. The van der Waals surface area contributed by atoms with Gasteiger partial charge in [-0.3, -0.25) is 0 Å². The molecule has 3 atom stereocenters. The first kappa shape index (κ1) is 12.7. The van der Waals surface area contributed by atoms with Gasteiger partial charge in [-0.05, 0) is 55.1 Å². The molecular formula is C16H25NS. The van der Waals surface area contributed by atoms with Crippen molar-refractivity contribution in [3.05, 3.63) is 21.9 Å². The fraction of sp³-hybridized carbons (Fsp3) is 0.750. The molecule has 2 heteroatoms. The van der Waals surface area contributed by atoms with Crippen LogP contribution in [0.25, 0.3) is 0 Å². The molecule has 1 aromatic rings. The lowest BCUT2D eigenvalue weighted by Gasteiger charge is -2.39. The predicted octanol–water partition coefficient (Wildman–Crippen LogP) is 4.36. The lowest BCUT2D eigenvalue weighted by atomic mass is 9.69. The van der Waals surface area contributed by atoms with E-state index in [1.165, 1.54) is 29.0 Å². The van der Waals surface area contributed by atoms with Crippen LogP contribution in [0.5, 0.6) is 0 Å². The van der Waals surface area contributed by atoms with E-state index < -0.39 is 0 Å². The maximum absolute atomic E-state index is 3.85. The summed E-state index contributed by atoms with van der Waals surface area (Å²) in [7, 11) is 0. The van der Waals surface area contributed by atoms with Crippen molar-refractivity contribution >= 4 is 11.3 Å². The van der Waals surface area contributed by atoms with Gasteiger partial charge in [-0.15, -0.1) is 11.3 Å². The second-order valence-electron chi connectivity index (χ2n) is 7.06. The number of nitrogens with one attached hydrogen (secondary N) is 1. The lowest BCUT2D eigenvalue weighted by Crippen LogP contribution is -2.44. The highest BCUT2D eigenvalue weighted by molar-refractivity contribution is 7.11. The quantitative estimate of drug-likeness (QED) is 0.854. The third kappa shape index (κ3) is 1.69. The van der Waals surface area contributed by atoms with Crippen LogP contribution in [0.1, 0.15) is 49.8 Å². The molecular weight excluding hydrogens is 238 g/mol. The van der Waals surface area contributed by atoms with Crippen molar-refractivity contribution < 1.29 is 0 Å². The van der Waals surface area contributed by atoms with Gasteiger partial charge < -0.3 is 5.32 Å². The van der Waals surface area contributed by atoms with E-state index in [1.54, 1.807) is 0 Å². The maximum Gasteiger partial charge on any atom is 0.0302 e. The summed E-state index contributed by atoms with van der Waals surface area (Å²) in [5.41, 5.74) is 1.03. The Morgan fingerprint density at radius 2 is 2.11 bits per heavy atom. The van der Waals surface area contributed by atoms with Gasteiger partial charge in [-0.1, -0.05) is 20.8 Å². The molecule has 2 aliphatic carbocycles. The van der Waals surface area contributed by atoms with E-state index >= 15 is 0 Å². The Kier molecular flexibility index (Phi) is 2.87. The first-order valence-electron chi connectivity index (χ1n) is 7.22. The molecule has 100 valence electrons. The largest absolute Gasteiger partial charge is 0.309 e. The fourth-order valence-electron chi connectivity index (χ4n) is 4.32. The van der Waals surface area contributed by atoms with Crippen molar-refractivity contribution in [2.75, 3.05) is 0 Å².